The standard InChI is InChI=1S/C14H19NO3/c1-10(15-6-2-3-7-15)14(16)11-4-5-12-13(8-11)18-9-17-12/h4-5,8,10,14,16H,2-3,6-7,9H2,1H3/t10-,14+/m1/s1. The minimum absolute atomic E-state index is 0.146. The number of fused-ring (bicyclic) bond motifs is 1. The number of nitrogens with zero attached hydrogens (tertiary/aromatic N) is 1. The van der Waals surface area contributed by atoms with Gasteiger partial charge in [0, 0.05) is 6.04 Å². The van der Waals surface area contributed by atoms with Crippen LogP contribution in [0.3, 0.4) is 0 Å². The molecule has 18 heavy (non-hydrogen) atoms. The van der Waals surface area contributed by atoms with Crippen molar-refractivity contribution < 1.29 is 14.6 Å². The van der Waals surface area contributed by atoms with E-state index < -0.39 is 6.10 Å². The monoisotopic (exact) mass is 249 g/mol. The molecule has 2 atom stereocenters. The number of likely N-dealkylation sites (tertiary alicyclic amines) is 1. The van der Waals surface area contributed by atoms with E-state index in [0.29, 0.717) is 0 Å². The molecular weight excluding hydrogens is 230 g/mol. The third kappa shape index (κ3) is 2.06. The maximum atomic E-state index is 10.4. The Kier molecular flexibility index (Phi) is 3.14. The molecule has 0 bridgehead atoms. The van der Waals surface area contributed by atoms with E-state index in [1.165, 1.54) is 12.8 Å². The van der Waals surface area contributed by atoms with Crippen LogP contribution in [0.2, 0.25) is 0 Å². The summed E-state index contributed by atoms with van der Waals surface area (Å²) in [4.78, 5) is 2.34. The maximum Gasteiger partial charge on any atom is 0.231 e. The van der Waals surface area contributed by atoms with Crippen LogP contribution in [0, 0.1) is 0 Å². The first-order valence-corrected chi connectivity index (χ1v) is 6.57. The molecule has 0 saturated carbocycles. The molecule has 2 aliphatic heterocycles. The zero-order valence-electron chi connectivity index (χ0n) is 10.6. The minimum Gasteiger partial charge on any atom is -0.454 e. The lowest BCUT2D eigenvalue weighted by Gasteiger charge is -2.28. The molecule has 4 nitrogen and oxygen atoms in total. The van der Waals surface area contributed by atoms with Gasteiger partial charge in [0.2, 0.25) is 6.79 Å². The highest BCUT2D eigenvalue weighted by atomic mass is 16.7. The van der Waals surface area contributed by atoms with Crippen LogP contribution >= 0.6 is 0 Å². The van der Waals surface area contributed by atoms with Crippen molar-refractivity contribution in [3.63, 3.8) is 0 Å². The van der Waals surface area contributed by atoms with Crippen molar-refractivity contribution in [1.82, 2.24) is 4.90 Å². The molecule has 1 fully saturated rings. The van der Waals surface area contributed by atoms with E-state index in [0.717, 1.165) is 30.2 Å². The minimum atomic E-state index is -0.474. The highest BCUT2D eigenvalue weighted by Crippen LogP contribution is 2.35. The Morgan fingerprint density at radius 2 is 1.89 bits per heavy atom. The van der Waals surface area contributed by atoms with Gasteiger partial charge in [0.1, 0.15) is 0 Å². The normalized spacial score (nSPS) is 22.1. The molecule has 0 amide bonds. The molecule has 4 heteroatoms. The lowest BCUT2D eigenvalue weighted by atomic mass is 10.0. The summed E-state index contributed by atoms with van der Waals surface area (Å²) in [6, 6.07) is 5.83. The van der Waals surface area contributed by atoms with Gasteiger partial charge in [-0.15, -0.1) is 0 Å². The first-order chi connectivity index (χ1) is 8.75. The number of benzene rings is 1. The lowest BCUT2D eigenvalue weighted by Crippen LogP contribution is -2.35. The summed E-state index contributed by atoms with van der Waals surface area (Å²) < 4.78 is 10.6. The Balaban J connectivity index is 1.77. The Hall–Kier alpha value is -1.26. The average molecular weight is 249 g/mol. The summed E-state index contributed by atoms with van der Waals surface area (Å²) in [5.74, 6) is 1.50. The SMILES string of the molecule is C[C@H]([C@H](O)c1ccc2c(c1)OCO2)N1CCCC1. The van der Waals surface area contributed by atoms with E-state index >= 15 is 0 Å². The van der Waals surface area contributed by atoms with Crippen LogP contribution in [-0.2, 0) is 0 Å². The van der Waals surface area contributed by atoms with E-state index in [-0.39, 0.29) is 12.8 Å². The Morgan fingerprint density at radius 1 is 1.17 bits per heavy atom. The molecule has 3 rings (SSSR count). The summed E-state index contributed by atoms with van der Waals surface area (Å²) in [7, 11) is 0. The van der Waals surface area contributed by atoms with E-state index in [9.17, 15) is 5.11 Å². The number of hydrogen-bond acceptors (Lipinski definition) is 4. The van der Waals surface area contributed by atoms with Crippen molar-refractivity contribution in [2.75, 3.05) is 19.9 Å². The van der Waals surface area contributed by atoms with Crippen LogP contribution < -0.4 is 9.47 Å². The van der Waals surface area contributed by atoms with E-state index in [1.54, 1.807) is 0 Å². The second kappa shape index (κ2) is 4.78. The predicted octanol–water partition coefficient (Wildman–Crippen LogP) is 1.93. The van der Waals surface area contributed by atoms with Crippen molar-refractivity contribution in [2.45, 2.75) is 31.9 Å². The molecule has 0 unspecified atom stereocenters. The Morgan fingerprint density at radius 3 is 2.67 bits per heavy atom. The van der Waals surface area contributed by atoms with Gasteiger partial charge in [-0.25, -0.2) is 0 Å². The summed E-state index contributed by atoms with van der Waals surface area (Å²) in [5, 5.41) is 10.4. The van der Waals surface area contributed by atoms with Gasteiger partial charge in [0.25, 0.3) is 0 Å². The predicted molar refractivity (Wildman–Crippen MR) is 67.8 cm³/mol. The zero-order valence-corrected chi connectivity index (χ0v) is 10.6. The van der Waals surface area contributed by atoms with Crippen LogP contribution in [0.25, 0.3) is 0 Å². The molecule has 1 N–H and O–H groups in total. The van der Waals surface area contributed by atoms with Crippen LogP contribution in [0.5, 0.6) is 11.5 Å². The molecule has 1 aromatic rings. The highest BCUT2D eigenvalue weighted by Gasteiger charge is 2.26. The molecule has 2 heterocycles. The molecule has 0 aliphatic carbocycles. The molecule has 0 radical (unpaired) electrons. The molecule has 1 aromatic carbocycles. The average Bonchev–Trinajstić information content (AvgIpc) is 3.06. The second-order valence-electron chi connectivity index (χ2n) is 5.04. The smallest absolute Gasteiger partial charge is 0.231 e. The van der Waals surface area contributed by atoms with Crippen LogP contribution in [0.4, 0.5) is 0 Å². The van der Waals surface area contributed by atoms with Crippen molar-refractivity contribution in [3.8, 4) is 11.5 Å². The summed E-state index contributed by atoms with van der Waals surface area (Å²) in [6.45, 7) is 4.53. The van der Waals surface area contributed by atoms with Crippen molar-refractivity contribution in [1.29, 1.82) is 0 Å². The van der Waals surface area contributed by atoms with Crippen molar-refractivity contribution in [3.05, 3.63) is 23.8 Å². The summed E-state index contributed by atoms with van der Waals surface area (Å²) >= 11 is 0. The van der Waals surface area contributed by atoms with E-state index in [1.807, 2.05) is 18.2 Å². The number of aliphatic hydroxyl groups excluding tert-OH is 1. The Bertz CT molecular complexity index is 429. The topological polar surface area (TPSA) is 41.9 Å². The molecule has 2 aliphatic rings. The summed E-state index contributed by atoms with van der Waals surface area (Å²) in [6.07, 6.45) is 1.99. The van der Waals surface area contributed by atoms with Crippen LogP contribution in [0.1, 0.15) is 31.4 Å². The van der Waals surface area contributed by atoms with Gasteiger partial charge < -0.3 is 14.6 Å². The molecule has 0 spiro atoms. The fraction of sp³-hybridized carbons (Fsp3) is 0.571. The highest BCUT2D eigenvalue weighted by molar-refractivity contribution is 5.45. The number of ether oxygens (including phenoxy) is 2. The first-order valence-electron chi connectivity index (χ1n) is 6.57. The van der Waals surface area contributed by atoms with E-state index in [2.05, 4.69) is 11.8 Å². The molecule has 0 aromatic heterocycles. The molecule has 98 valence electrons. The van der Waals surface area contributed by atoms with E-state index in [4.69, 9.17) is 9.47 Å². The van der Waals surface area contributed by atoms with Gasteiger partial charge in [-0.3, -0.25) is 4.90 Å². The molecule has 1 saturated heterocycles. The fourth-order valence-corrected chi connectivity index (χ4v) is 2.72. The summed E-state index contributed by atoms with van der Waals surface area (Å²) in [5.41, 5.74) is 0.902. The third-order valence-electron chi connectivity index (χ3n) is 3.91. The molecular formula is C14H19NO3. The maximum absolute atomic E-state index is 10.4. The van der Waals surface area contributed by atoms with Crippen LogP contribution in [0.15, 0.2) is 18.2 Å². The lowest BCUT2D eigenvalue weighted by molar-refractivity contribution is 0.0714. The first kappa shape index (κ1) is 11.8. The van der Waals surface area contributed by atoms with Gasteiger partial charge in [0.05, 0.1) is 6.10 Å². The van der Waals surface area contributed by atoms with Gasteiger partial charge in [-0.2, -0.15) is 0 Å². The van der Waals surface area contributed by atoms with Gasteiger partial charge in [-0.05, 0) is 50.6 Å². The fourth-order valence-electron chi connectivity index (χ4n) is 2.72. The van der Waals surface area contributed by atoms with Crippen molar-refractivity contribution >= 4 is 0 Å². The number of rotatable bonds is 3. The van der Waals surface area contributed by atoms with Gasteiger partial charge in [-0.1, -0.05) is 6.07 Å². The largest absolute Gasteiger partial charge is 0.454 e. The second-order valence-corrected chi connectivity index (χ2v) is 5.04. The zero-order chi connectivity index (χ0) is 12.5. The number of hydrogen-bond donors (Lipinski definition) is 1. The number of aliphatic hydroxyl groups is 1. The quantitative estimate of drug-likeness (QED) is 0.889. The van der Waals surface area contributed by atoms with Gasteiger partial charge >= 0.3 is 0 Å². The Labute approximate surface area is 107 Å². The van der Waals surface area contributed by atoms with Gasteiger partial charge in [0.15, 0.2) is 11.5 Å². The van der Waals surface area contributed by atoms with Crippen molar-refractivity contribution in [2.24, 2.45) is 0 Å². The van der Waals surface area contributed by atoms with Crippen LogP contribution in [-0.4, -0.2) is 35.9 Å². The third-order valence-corrected chi connectivity index (χ3v) is 3.91.